The van der Waals surface area contributed by atoms with Crippen molar-refractivity contribution in [3.8, 4) is 0 Å². The summed E-state index contributed by atoms with van der Waals surface area (Å²) in [5.41, 5.74) is 1.94. The molecule has 2 rings (SSSR count). The lowest BCUT2D eigenvalue weighted by molar-refractivity contribution is -0.108. The predicted molar refractivity (Wildman–Crippen MR) is 63.5 cm³/mol. The molecule has 0 spiro atoms. The summed E-state index contributed by atoms with van der Waals surface area (Å²) in [7, 11) is 0. The van der Waals surface area contributed by atoms with Gasteiger partial charge in [-0.05, 0) is 18.6 Å². The van der Waals surface area contributed by atoms with E-state index in [1.54, 1.807) is 0 Å². The minimum Gasteiger partial charge on any atom is -0.375 e. The molecule has 0 amide bonds. The van der Waals surface area contributed by atoms with Crippen molar-refractivity contribution < 1.29 is 4.79 Å². The first-order valence-electron chi connectivity index (χ1n) is 4.96. The molecule has 0 aromatic heterocycles. The molecule has 0 saturated carbocycles. The summed E-state index contributed by atoms with van der Waals surface area (Å²) in [5.74, 6) is 0.794. The van der Waals surface area contributed by atoms with E-state index in [2.05, 4.69) is 24.4 Å². The molecule has 78 valence electrons. The van der Waals surface area contributed by atoms with E-state index in [1.165, 1.54) is 17.3 Å². The number of carbonyl (C=O) groups excluding carboxylic acids is 1. The van der Waals surface area contributed by atoms with Crippen molar-refractivity contribution in [2.75, 3.05) is 5.75 Å². The van der Waals surface area contributed by atoms with Crippen molar-refractivity contribution >= 4 is 16.9 Å². The van der Waals surface area contributed by atoms with Crippen LogP contribution >= 0.6 is 11.8 Å². The highest BCUT2D eigenvalue weighted by Gasteiger charge is 2.17. The molecule has 1 atom stereocenters. The van der Waals surface area contributed by atoms with Gasteiger partial charge in [-0.2, -0.15) is 0 Å². The van der Waals surface area contributed by atoms with Crippen molar-refractivity contribution in [2.45, 2.75) is 13.0 Å². The van der Waals surface area contributed by atoms with Gasteiger partial charge >= 0.3 is 0 Å². The van der Waals surface area contributed by atoms with Crippen molar-refractivity contribution in [1.29, 1.82) is 0 Å². The minimum absolute atomic E-state index is 0.151. The highest BCUT2D eigenvalue weighted by molar-refractivity contribution is 8.14. The zero-order valence-electron chi connectivity index (χ0n) is 8.57. The molecule has 0 bridgehead atoms. The Labute approximate surface area is 93.8 Å². The first-order chi connectivity index (χ1) is 7.27. The van der Waals surface area contributed by atoms with Crippen LogP contribution in [0.2, 0.25) is 0 Å². The molecule has 1 N–H and O–H groups in total. The lowest BCUT2D eigenvalue weighted by atomic mass is 10.1. The topological polar surface area (TPSA) is 29.1 Å². The minimum atomic E-state index is 0.151. The van der Waals surface area contributed by atoms with Gasteiger partial charge in [-0.1, -0.05) is 42.1 Å². The monoisotopic (exact) mass is 219 g/mol. The lowest BCUT2D eigenvalue weighted by Gasteiger charge is -2.15. The summed E-state index contributed by atoms with van der Waals surface area (Å²) in [5, 5.41) is 3.39. The van der Waals surface area contributed by atoms with Crippen LogP contribution in [0.25, 0.3) is 0 Å². The number of hydrogen-bond acceptors (Lipinski definition) is 3. The second-order valence-electron chi connectivity index (χ2n) is 3.49. The van der Waals surface area contributed by atoms with E-state index in [0.29, 0.717) is 0 Å². The average Bonchev–Trinajstić information content (AvgIpc) is 2.66. The Morgan fingerprint density at radius 1 is 1.33 bits per heavy atom. The fourth-order valence-electron chi connectivity index (χ4n) is 1.54. The average molecular weight is 219 g/mol. The van der Waals surface area contributed by atoms with Crippen LogP contribution < -0.4 is 5.32 Å². The first kappa shape index (κ1) is 10.3. The zero-order valence-corrected chi connectivity index (χ0v) is 9.38. The van der Waals surface area contributed by atoms with Gasteiger partial charge in [0.25, 0.3) is 0 Å². The summed E-state index contributed by atoms with van der Waals surface area (Å²) in [6.07, 6.45) is 1.95. The third-order valence-corrected chi connectivity index (χ3v) is 3.21. The second-order valence-corrected chi connectivity index (χ2v) is 4.49. The summed E-state index contributed by atoms with van der Waals surface area (Å²) in [4.78, 5) is 11.4. The summed E-state index contributed by atoms with van der Waals surface area (Å²) in [6, 6.07) is 10.3. The van der Waals surface area contributed by atoms with Crippen molar-refractivity contribution in [2.24, 2.45) is 0 Å². The SMILES string of the molecule is C[C@H](NC1=CCSC1=O)c1ccccc1. The number of thioether (sulfide) groups is 1. The second kappa shape index (κ2) is 4.53. The number of nitrogens with one attached hydrogen (secondary N) is 1. The van der Waals surface area contributed by atoms with E-state index in [0.717, 1.165) is 11.4 Å². The van der Waals surface area contributed by atoms with Gasteiger partial charge < -0.3 is 5.32 Å². The molecule has 1 aliphatic heterocycles. The van der Waals surface area contributed by atoms with Gasteiger partial charge in [0.05, 0.1) is 5.70 Å². The van der Waals surface area contributed by atoms with Crippen molar-refractivity contribution in [3.63, 3.8) is 0 Å². The standard InChI is InChI=1S/C12H13NOS/c1-9(10-5-3-2-4-6-10)13-11-7-8-15-12(11)14/h2-7,9,13H,8H2,1H3/t9-/m0/s1. The maximum Gasteiger partial charge on any atom is 0.235 e. The molecule has 0 fully saturated rings. The molecule has 1 aliphatic rings. The fourth-order valence-corrected chi connectivity index (χ4v) is 2.24. The summed E-state index contributed by atoms with van der Waals surface area (Å²) >= 11 is 1.35. The molecule has 0 saturated heterocycles. The summed E-state index contributed by atoms with van der Waals surface area (Å²) < 4.78 is 0. The molecule has 1 aromatic rings. The zero-order chi connectivity index (χ0) is 10.7. The van der Waals surface area contributed by atoms with Gasteiger partial charge in [0.15, 0.2) is 0 Å². The van der Waals surface area contributed by atoms with E-state index >= 15 is 0 Å². The number of hydrogen-bond donors (Lipinski definition) is 1. The third-order valence-electron chi connectivity index (χ3n) is 2.39. The molecule has 1 aromatic carbocycles. The first-order valence-corrected chi connectivity index (χ1v) is 5.94. The van der Waals surface area contributed by atoms with E-state index in [4.69, 9.17) is 0 Å². The molecule has 1 heterocycles. The smallest absolute Gasteiger partial charge is 0.235 e. The van der Waals surface area contributed by atoms with E-state index in [1.807, 2.05) is 24.3 Å². The molecule has 3 heteroatoms. The van der Waals surface area contributed by atoms with E-state index < -0.39 is 0 Å². The van der Waals surface area contributed by atoms with Gasteiger partial charge in [0, 0.05) is 11.8 Å². The Hall–Kier alpha value is -1.22. The highest BCUT2D eigenvalue weighted by atomic mass is 32.2. The van der Waals surface area contributed by atoms with Gasteiger partial charge in [-0.15, -0.1) is 0 Å². The lowest BCUT2D eigenvalue weighted by Crippen LogP contribution is -2.20. The molecule has 0 aliphatic carbocycles. The third kappa shape index (κ3) is 2.42. The van der Waals surface area contributed by atoms with Crippen LogP contribution in [0.4, 0.5) is 0 Å². The maximum absolute atomic E-state index is 11.4. The van der Waals surface area contributed by atoms with E-state index in [-0.39, 0.29) is 11.2 Å². The van der Waals surface area contributed by atoms with Gasteiger partial charge in [0.1, 0.15) is 0 Å². The van der Waals surface area contributed by atoms with Crippen LogP contribution in [0.3, 0.4) is 0 Å². The van der Waals surface area contributed by atoms with Crippen molar-refractivity contribution in [3.05, 3.63) is 47.7 Å². The summed E-state index contributed by atoms with van der Waals surface area (Å²) in [6.45, 7) is 2.06. The number of carbonyl (C=O) groups is 1. The normalized spacial score (nSPS) is 17.4. The Kier molecular flexibility index (Phi) is 3.11. The highest BCUT2D eigenvalue weighted by Crippen LogP contribution is 2.21. The van der Waals surface area contributed by atoms with Crippen LogP contribution in [0.5, 0.6) is 0 Å². The van der Waals surface area contributed by atoms with Crippen LogP contribution in [0.1, 0.15) is 18.5 Å². The van der Waals surface area contributed by atoms with Crippen LogP contribution in [-0.4, -0.2) is 10.9 Å². The molecule has 2 nitrogen and oxygen atoms in total. The Morgan fingerprint density at radius 2 is 2.07 bits per heavy atom. The van der Waals surface area contributed by atoms with Gasteiger partial charge in [-0.3, -0.25) is 4.79 Å². The largest absolute Gasteiger partial charge is 0.375 e. The Balaban J connectivity index is 2.04. The molecule has 0 radical (unpaired) electrons. The molecule has 15 heavy (non-hydrogen) atoms. The van der Waals surface area contributed by atoms with E-state index in [9.17, 15) is 4.79 Å². The number of benzene rings is 1. The van der Waals surface area contributed by atoms with Crippen LogP contribution in [0.15, 0.2) is 42.1 Å². The predicted octanol–water partition coefficient (Wildman–Crippen LogP) is 2.49. The Bertz CT molecular complexity index is 386. The maximum atomic E-state index is 11.4. The van der Waals surface area contributed by atoms with Crippen molar-refractivity contribution in [1.82, 2.24) is 5.32 Å². The number of rotatable bonds is 3. The Morgan fingerprint density at radius 3 is 2.67 bits per heavy atom. The quantitative estimate of drug-likeness (QED) is 0.847. The van der Waals surface area contributed by atoms with Crippen LogP contribution in [-0.2, 0) is 4.79 Å². The van der Waals surface area contributed by atoms with Crippen LogP contribution in [0, 0.1) is 0 Å². The molecular formula is C12H13NOS. The van der Waals surface area contributed by atoms with Gasteiger partial charge in [0.2, 0.25) is 5.12 Å². The molecule has 0 unspecified atom stereocenters. The molecular weight excluding hydrogens is 206 g/mol. The van der Waals surface area contributed by atoms with Gasteiger partial charge in [-0.25, -0.2) is 0 Å². The fraction of sp³-hybridized carbons (Fsp3) is 0.250.